The molecular formula is C23H29N3O2. The molecule has 2 amide bonds. The number of aliphatic imine (C=N–C) groups is 1. The van der Waals surface area contributed by atoms with Crippen molar-refractivity contribution in [3.05, 3.63) is 46.0 Å². The Labute approximate surface area is 167 Å². The second-order valence-corrected chi connectivity index (χ2v) is 8.25. The smallest absolute Gasteiger partial charge is 0.227 e. The van der Waals surface area contributed by atoms with Crippen LogP contribution in [0.15, 0.2) is 34.3 Å². The minimum Gasteiger partial charge on any atom is -0.338 e. The lowest BCUT2D eigenvalue weighted by molar-refractivity contribution is -0.136. The molecule has 0 saturated heterocycles. The Hall–Kier alpha value is -2.43. The van der Waals surface area contributed by atoms with E-state index in [2.05, 4.69) is 35.0 Å². The number of benzene rings is 1. The van der Waals surface area contributed by atoms with Crippen molar-refractivity contribution in [3.8, 4) is 0 Å². The van der Waals surface area contributed by atoms with Crippen LogP contribution in [-0.2, 0) is 22.6 Å². The summed E-state index contributed by atoms with van der Waals surface area (Å²) in [6, 6.07) is 6.74. The van der Waals surface area contributed by atoms with E-state index in [0.29, 0.717) is 25.6 Å². The number of hydrogen-bond acceptors (Lipinski definition) is 3. The van der Waals surface area contributed by atoms with Crippen molar-refractivity contribution in [2.75, 3.05) is 20.1 Å². The first-order valence-corrected chi connectivity index (χ1v) is 10.3. The van der Waals surface area contributed by atoms with Crippen molar-refractivity contribution < 1.29 is 9.59 Å². The maximum atomic E-state index is 12.9. The van der Waals surface area contributed by atoms with E-state index in [4.69, 9.17) is 0 Å². The molecule has 4 rings (SSSR count). The number of hydrogen-bond donors (Lipinski definition) is 0. The summed E-state index contributed by atoms with van der Waals surface area (Å²) in [5, 5.41) is 0. The van der Waals surface area contributed by atoms with E-state index in [1.807, 2.05) is 11.9 Å². The molecule has 148 valence electrons. The molecular weight excluding hydrogens is 350 g/mol. The molecule has 1 fully saturated rings. The summed E-state index contributed by atoms with van der Waals surface area (Å²) in [6.07, 6.45) is 4.82. The van der Waals surface area contributed by atoms with Crippen LogP contribution < -0.4 is 0 Å². The highest BCUT2D eigenvalue weighted by molar-refractivity contribution is 6.15. The molecule has 1 aromatic carbocycles. The minimum absolute atomic E-state index is 0.0989. The molecule has 0 spiro atoms. The molecule has 0 radical (unpaired) electrons. The first-order valence-electron chi connectivity index (χ1n) is 10.3. The van der Waals surface area contributed by atoms with Gasteiger partial charge < -0.3 is 9.80 Å². The van der Waals surface area contributed by atoms with Gasteiger partial charge in [-0.25, -0.2) is 0 Å². The van der Waals surface area contributed by atoms with Crippen LogP contribution in [0.4, 0.5) is 0 Å². The third kappa shape index (κ3) is 3.27. The van der Waals surface area contributed by atoms with E-state index in [-0.39, 0.29) is 11.8 Å². The molecule has 28 heavy (non-hydrogen) atoms. The zero-order chi connectivity index (χ0) is 19.8. The van der Waals surface area contributed by atoms with Crippen LogP contribution in [0.5, 0.6) is 0 Å². The molecule has 0 unspecified atom stereocenters. The SMILES string of the molecule is CN=C(C1=C(C)CCN(C(C)=O)C1)c1cccc2c1CC(=O)N(C1CCC1)C2. The van der Waals surface area contributed by atoms with Gasteiger partial charge in [0.2, 0.25) is 11.8 Å². The second-order valence-electron chi connectivity index (χ2n) is 8.25. The quantitative estimate of drug-likeness (QED) is 0.758. The second kappa shape index (κ2) is 7.53. The lowest BCUT2D eigenvalue weighted by atomic mass is 9.84. The summed E-state index contributed by atoms with van der Waals surface area (Å²) in [5.74, 6) is 0.335. The molecule has 1 aromatic rings. The third-order valence-corrected chi connectivity index (χ3v) is 6.61. The van der Waals surface area contributed by atoms with Crippen LogP contribution in [0.3, 0.4) is 0 Å². The Bertz CT molecular complexity index is 880. The summed E-state index contributed by atoms with van der Waals surface area (Å²) < 4.78 is 0. The highest BCUT2D eigenvalue weighted by Gasteiger charge is 2.34. The zero-order valence-corrected chi connectivity index (χ0v) is 17.1. The maximum Gasteiger partial charge on any atom is 0.227 e. The van der Waals surface area contributed by atoms with E-state index in [1.54, 1.807) is 6.92 Å². The van der Waals surface area contributed by atoms with Crippen molar-refractivity contribution in [1.29, 1.82) is 0 Å². The van der Waals surface area contributed by atoms with Gasteiger partial charge in [0.15, 0.2) is 0 Å². The minimum atomic E-state index is 0.0989. The highest BCUT2D eigenvalue weighted by Crippen LogP contribution is 2.33. The summed E-state index contributed by atoms with van der Waals surface area (Å²) in [6.45, 7) is 5.83. The van der Waals surface area contributed by atoms with Crippen molar-refractivity contribution in [3.63, 3.8) is 0 Å². The van der Waals surface area contributed by atoms with Gasteiger partial charge in [-0.2, -0.15) is 0 Å². The van der Waals surface area contributed by atoms with Crippen molar-refractivity contribution in [1.82, 2.24) is 9.80 Å². The van der Waals surface area contributed by atoms with E-state index in [1.165, 1.54) is 17.6 Å². The summed E-state index contributed by atoms with van der Waals surface area (Å²) in [5.41, 5.74) is 6.76. The standard InChI is InChI=1S/C23H29N3O2/c1-15-10-11-25(16(2)27)14-21(15)23(24-3)19-9-4-6-17-13-26(18-7-5-8-18)22(28)12-20(17)19/h4,6,9,18H,5,7-8,10-14H2,1-3H3. The molecule has 0 aromatic heterocycles. The van der Waals surface area contributed by atoms with Gasteiger partial charge in [-0.05, 0) is 49.3 Å². The fourth-order valence-electron chi connectivity index (χ4n) is 4.59. The van der Waals surface area contributed by atoms with Gasteiger partial charge in [-0.3, -0.25) is 14.6 Å². The van der Waals surface area contributed by atoms with Gasteiger partial charge >= 0.3 is 0 Å². The van der Waals surface area contributed by atoms with Gasteiger partial charge in [-0.1, -0.05) is 23.8 Å². The molecule has 0 N–H and O–H groups in total. The van der Waals surface area contributed by atoms with Crippen molar-refractivity contribution in [2.45, 2.75) is 58.5 Å². The molecule has 3 aliphatic rings. The third-order valence-electron chi connectivity index (χ3n) is 6.61. The van der Waals surface area contributed by atoms with Gasteiger partial charge in [0.25, 0.3) is 0 Å². The normalized spacial score (nSPS) is 21.0. The largest absolute Gasteiger partial charge is 0.338 e. The molecule has 0 atom stereocenters. The number of carbonyl (C=O) groups is 2. The number of amides is 2. The summed E-state index contributed by atoms with van der Waals surface area (Å²) in [7, 11) is 1.81. The number of fused-ring (bicyclic) bond motifs is 1. The van der Waals surface area contributed by atoms with E-state index >= 15 is 0 Å². The Morgan fingerprint density at radius 2 is 2.00 bits per heavy atom. The topological polar surface area (TPSA) is 53.0 Å². The van der Waals surface area contributed by atoms with Crippen LogP contribution in [0.25, 0.3) is 0 Å². The monoisotopic (exact) mass is 379 g/mol. The molecule has 1 saturated carbocycles. The van der Waals surface area contributed by atoms with Gasteiger partial charge in [-0.15, -0.1) is 0 Å². The first-order chi connectivity index (χ1) is 13.5. The van der Waals surface area contributed by atoms with Crippen LogP contribution >= 0.6 is 0 Å². The zero-order valence-electron chi connectivity index (χ0n) is 17.1. The van der Waals surface area contributed by atoms with Crippen molar-refractivity contribution in [2.24, 2.45) is 4.99 Å². The predicted octanol–water partition coefficient (Wildman–Crippen LogP) is 3.11. The molecule has 2 heterocycles. The number of carbonyl (C=O) groups excluding carboxylic acids is 2. The molecule has 5 heteroatoms. The summed E-state index contributed by atoms with van der Waals surface area (Å²) >= 11 is 0. The van der Waals surface area contributed by atoms with Crippen LogP contribution in [0.2, 0.25) is 0 Å². The lowest BCUT2D eigenvalue weighted by Crippen LogP contribution is -2.47. The maximum absolute atomic E-state index is 12.9. The molecule has 5 nitrogen and oxygen atoms in total. The lowest BCUT2D eigenvalue weighted by Gasteiger charge is -2.41. The van der Waals surface area contributed by atoms with Gasteiger partial charge in [0.1, 0.15) is 0 Å². The van der Waals surface area contributed by atoms with Crippen LogP contribution in [-0.4, -0.2) is 53.5 Å². The van der Waals surface area contributed by atoms with Gasteiger partial charge in [0.05, 0.1) is 12.1 Å². The fourth-order valence-corrected chi connectivity index (χ4v) is 4.59. The molecule has 0 bridgehead atoms. The predicted molar refractivity (Wildman–Crippen MR) is 110 cm³/mol. The Morgan fingerprint density at radius 3 is 2.64 bits per heavy atom. The van der Waals surface area contributed by atoms with Crippen LogP contribution in [0.1, 0.15) is 56.2 Å². The average molecular weight is 380 g/mol. The average Bonchev–Trinajstić information content (AvgIpc) is 2.63. The van der Waals surface area contributed by atoms with E-state index < -0.39 is 0 Å². The first kappa shape index (κ1) is 18.9. The number of rotatable bonds is 3. The van der Waals surface area contributed by atoms with E-state index in [9.17, 15) is 9.59 Å². The number of nitrogens with zero attached hydrogens (tertiary/aromatic N) is 3. The summed E-state index contributed by atoms with van der Waals surface area (Å²) in [4.78, 5) is 33.4. The highest BCUT2D eigenvalue weighted by atomic mass is 16.2. The fraction of sp³-hybridized carbons (Fsp3) is 0.522. The van der Waals surface area contributed by atoms with E-state index in [0.717, 1.165) is 48.2 Å². The molecule has 2 aliphatic heterocycles. The Morgan fingerprint density at radius 1 is 1.21 bits per heavy atom. The van der Waals surface area contributed by atoms with Crippen molar-refractivity contribution >= 4 is 17.5 Å². The van der Waals surface area contributed by atoms with Gasteiger partial charge in [0, 0.05) is 45.2 Å². The van der Waals surface area contributed by atoms with Crippen LogP contribution in [0, 0.1) is 0 Å². The molecule has 1 aliphatic carbocycles. The Balaban J connectivity index is 1.69. The Kier molecular flexibility index (Phi) is 5.09.